The highest BCUT2D eigenvalue weighted by atomic mass is 31.2. The molecule has 9 heteroatoms. The summed E-state index contributed by atoms with van der Waals surface area (Å²) in [5.41, 5.74) is 0. The molecule has 0 aliphatic rings. The van der Waals surface area contributed by atoms with Gasteiger partial charge in [0.15, 0.2) is 0 Å². The van der Waals surface area contributed by atoms with Crippen LogP contribution < -0.4 is 4.89 Å². The van der Waals surface area contributed by atoms with Crippen molar-refractivity contribution in [2.45, 2.75) is 129 Å². The molecule has 8 nitrogen and oxygen atoms in total. The number of hydrogen-bond acceptors (Lipinski definition) is 7. The fraction of sp³-hybridized carbons (Fsp3) is 0.900. The maximum atomic E-state index is 12.0. The van der Waals surface area contributed by atoms with Gasteiger partial charge in [-0.15, -0.1) is 0 Å². The summed E-state index contributed by atoms with van der Waals surface area (Å²) in [5, 5.41) is 9.39. The quantitative estimate of drug-likeness (QED) is 0.0363. The molecule has 1 unspecified atom stereocenters. The maximum absolute atomic E-state index is 12.0. The molecule has 0 aromatic rings. The molecule has 2 atom stereocenters. The summed E-state index contributed by atoms with van der Waals surface area (Å²) >= 11 is 0. The fourth-order valence-corrected chi connectivity index (χ4v) is 4.78. The van der Waals surface area contributed by atoms with Crippen LogP contribution in [0.3, 0.4) is 0 Å². The molecule has 0 rings (SSSR count). The Morgan fingerprint density at radius 2 is 1.31 bits per heavy atom. The Labute approximate surface area is 239 Å². The molecule has 0 radical (unpaired) electrons. The molecule has 0 saturated carbocycles. The second-order valence-electron chi connectivity index (χ2n) is 11.6. The van der Waals surface area contributed by atoms with E-state index in [1.54, 1.807) is 0 Å². The highest BCUT2D eigenvalue weighted by Gasteiger charge is 2.19. The number of phosphoric ester groups is 1. The number of likely N-dealkylation sites (N-methyl/N-ethyl adjacent to an activating group) is 1. The van der Waals surface area contributed by atoms with E-state index in [0.717, 1.165) is 19.3 Å². The lowest BCUT2D eigenvalue weighted by atomic mass is 10.1. The summed E-state index contributed by atoms with van der Waals surface area (Å²) in [4.78, 5) is 23.9. The van der Waals surface area contributed by atoms with Crippen LogP contribution in [0.1, 0.15) is 122 Å². The molecule has 0 heterocycles. The first-order chi connectivity index (χ1) is 18.6. The number of carbonyl (C=O) groups excluding carboxylic acids is 1. The Morgan fingerprint density at radius 3 is 1.79 bits per heavy atom. The standard InChI is InChI=1S/C30H60NO7P/c1-5-6-7-8-9-10-11-12-13-14-15-16-17-18-19-20-21-22-23-24-30(33)38-29(27-32)28-37-39(34,35)36-26-25-31(2,3)4/h12-13,29,32H,5-11,14-28H2,1-4H3/b13-12-/t29-/m0/s1. The monoisotopic (exact) mass is 577 g/mol. The summed E-state index contributed by atoms with van der Waals surface area (Å²) in [6.07, 6.45) is 24.9. The lowest BCUT2D eigenvalue weighted by Gasteiger charge is -2.28. The molecule has 0 bridgehead atoms. The number of rotatable bonds is 28. The number of aliphatic hydroxyl groups excluding tert-OH is 1. The van der Waals surface area contributed by atoms with Crippen molar-refractivity contribution in [3.8, 4) is 0 Å². The SMILES string of the molecule is CCCCCCCC/C=C\CCCCCCCCCCCC(=O)O[C@@H](CO)COP(=O)([O-])OCC[N+](C)(C)C. The van der Waals surface area contributed by atoms with E-state index in [1.165, 1.54) is 89.9 Å². The zero-order chi connectivity index (χ0) is 29.2. The molecule has 1 N–H and O–H groups in total. The van der Waals surface area contributed by atoms with Gasteiger partial charge in [-0.1, -0.05) is 96.1 Å². The van der Waals surface area contributed by atoms with Crippen LogP contribution in [0.15, 0.2) is 12.2 Å². The van der Waals surface area contributed by atoms with E-state index in [4.69, 9.17) is 13.8 Å². The summed E-state index contributed by atoms with van der Waals surface area (Å²) in [7, 11) is 1.24. The highest BCUT2D eigenvalue weighted by Crippen LogP contribution is 2.38. The number of quaternary nitrogens is 1. The van der Waals surface area contributed by atoms with Gasteiger partial charge in [-0.2, -0.15) is 0 Å². The fourth-order valence-electron chi connectivity index (χ4n) is 4.05. The molecule has 0 aromatic carbocycles. The average Bonchev–Trinajstić information content (AvgIpc) is 2.87. The molecule has 232 valence electrons. The average molecular weight is 578 g/mol. The largest absolute Gasteiger partial charge is 0.756 e. The van der Waals surface area contributed by atoms with Gasteiger partial charge in [0.2, 0.25) is 0 Å². The van der Waals surface area contributed by atoms with E-state index in [9.17, 15) is 19.4 Å². The van der Waals surface area contributed by atoms with Gasteiger partial charge in [-0.25, -0.2) is 0 Å². The smallest absolute Gasteiger partial charge is 0.306 e. The van der Waals surface area contributed by atoms with Crippen LogP contribution in [0.25, 0.3) is 0 Å². The third-order valence-electron chi connectivity index (χ3n) is 6.57. The summed E-state index contributed by atoms with van der Waals surface area (Å²) in [5.74, 6) is -0.453. The zero-order valence-corrected chi connectivity index (χ0v) is 26.5. The number of unbranched alkanes of at least 4 members (excludes halogenated alkanes) is 15. The van der Waals surface area contributed by atoms with Crippen LogP contribution >= 0.6 is 7.82 Å². The highest BCUT2D eigenvalue weighted by molar-refractivity contribution is 7.45. The van der Waals surface area contributed by atoms with E-state index < -0.39 is 33.1 Å². The third-order valence-corrected chi connectivity index (χ3v) is 7.54. The number of ether oxygens (including phenoxy) is 1. The van der Waals surface area contributed by atoms with Gasteiger partial charge in [0, 0.05) is 6.42 Å². The molecule has 0 aliphatic heterocycles. The topological polar surface area (TPSA) is 105 Å². The predicted molar refractivity (Wildman–Crippen MR) is 157 cm³/mol. The number of phosphoric acid groups is 1. The number of allylic oxidation sites excluding steroid dienone is 2. The van der Waals surface area contributed by atoms with Crippen molar-refractivity contribution in [3.05, 3.63) is 12.2 Å². The van der Waals surface area contributed by atoms with Gasteiger partial charge in [-0.3, -0.25) is 9.36 Å². The molecule has 0 amide bonds. The van der Waals surface area contributed by atoms with E-state index in [0.29, 0.717) is 11.0 Å². The van der Waals surface area contributed by atoms with Gasteiger partial charge in [0.05, 0.1) is 34.4 Å². The molecular weight excluding hydrogens is 517 g/mol. The Hall–Kier alpha value is -0.760. The molecule has 0 spiro atoms. The van der Waals surface area contributed by atoms with Crippen molar-refractivity contribution in [1.29, 1.82) is 0 Å². The van der Waals surface area contributed by atoms with Crippen molar-refractivity contribution in [2.75, 3.05) is 47.5 Å². The van der Waals surface area contributed by atoms with E-state index >= 15 is 0 Å². The zero-order valence-electron chi connectivity index (χ0n) is 25.6. The van der Waals surface area contributed by atoms with Crippen LogP contribution in [-0.2, 0) is 23.1 Å². The molecule has 0 saturated heterocycles. The molecule has 0 fully saturated rings. The number of esters is 1. The Balaban J connectivity index is 3.62. The summed E-state index contributed by atoms with van der Waals surface area (Å²) < 4.78 is 27.1. The summed E-state index contributed by atoms with van der Waals surface area (Å²) in [6.45, 7) is 1.77. The summed E-state index contributed by atoms with van der Waals surface area (Å²) in [6, 6.07) is 0. The van der Waals surface area contributed by atoms with E-state index in [-0.39, 0.29) is 13.0 Å². The lowest BCUT2D eigenvalue weighted by molar-refractivity contribution is -0.870. The van der Waals surface area contributed by atoms with Crippen molar-refractivity contribution >= 4 is 13.8 Å². The molecule has 0 aromatic heterocycles. The minimum Gasteiger partial charge on any atom is -0.756 e. The van der Waals surface area contributed by atoms with Gasteiger partial charge < -0.3 is 28.3 Å². The van der Waals surface area contributed by atoms with Crippen molar-refractivity contribution in [1.82, 2.24) is 0 Å². The van der Waals surface area contributed by atoms with Gasteiger partial charge >= 0.3 is 5.97 Å². The lowest BCUT2D eigenvalue weighted by Crippen LogP contribution is -2.37. The number of carbonyl (C=O) groups is 1. The number of hydrogen-bond donors (Lipinski definition) is 1. The van der Waals surface area contributed by atoms with Gasteiger partial charge in [0.25, 0.3) is 7.82 Å². The second-order valence-corrected chi connectivity index (χ2v) is 13.0. The van der Waals surface area contributed by atoms with Crippen LogP contribution in [0, 0.1) is 0 Å². The molecule has 0 aliphatic carbocycles. The first-order valence-corrected chi connectivity index (χ1v) is 16.9. The number of nitrogens with zero attached hydrogens (tertiary/aromatic N) is 1. The normalized spacial score (nSPS) is 14.5. The van der Waals surface area contributed by atoms with Gasteiger partial charge in [0.1, 0.15) is 19.3 Å². The Morgan fingerprint density at radius 1 is 0.821 bits per heavy atom. The Kier molecular flexibility index (Phi) is 24.5. The maximum Gasteiger partial charge on any atom is 0.306 e. The first-order valence-electron chi connectivity index (χ1n) is 15.5. The van der Waals surface area contributed by atoms with Gasteiger partial charge in [-0.05, 0) is 32.1 Å². The van der Waals surface area contributed by atoms with Crippen LogP contribution in [0.4, 0.5) is 0 Å². The first kappa shape index (κ1) is 38.2. The predicted octanol–water partition coefficient (Wildman–Crippen LogP) is 6.70. The molecular formula is C30H60NO7P. The minimum atomic E-state index is -4.51. The minimum absolute atomic E-state index is 0.00907. The molecule has 39 heavy (non-hydrogen) atoms. The second kappa shape index (κ2) is 25.0. The van der Waals surface area contributed by atoms with Crippen LogP contribution in [0.2, 0.25) is 0 Å². The van der Waals surface area contributed by atoms with Crippen LogP contribution in [0.5, 0.6) is 0 Å². The van der Waals surface area contributed by atoms with E-state index in [1.807, 2.05) is 21.1 Å². The van der Waals surface area contributed by atoms with Crippen molar-refractivity contribution in [3.63, 3.8) is 0 Å². The third kappa shape index (κ3) is 28.6. The van der Waals surface area contributed by atoms with Crippen LogP contribution in [-0.4, -0.2) is 69.2 Å². The Bertz CT molecular complexity index is 652. The van der Waals surface area contributed by atoms with E-state index in [2.05, 4.69) is 19.1 Å². The van der Waals surface area contributed by atoms with Crippen molar-refractivity contribution < 1.29 is 37.6 Å². The number of aliphatic hydroxyl groups is 1. The van der Waals surface area contributed by atoms with Crippen molar-refractivity contribution in [2.24, 2.45) is 0 Å².